The molecule has 0 radical (unpaired) electrons. The number of carbonyl (C=O) groups is 2. The van der Waals surface area contributed by atoms with Crippen LogP contribution in [0.15, 0.2) is 48.5 Å². The molecular formula is C23H23FN2O3. The Morgan fingerprint density at radius 3 is 2.21 bits per heavy atom. The van der Waals surface area contributed by atoms with Crippen LogP contribution in [-0.4, -0.2) is 23.1 Å². The largest absolute Gasteiger partial charge is 0.461 e. The topological polar surface area (TPSA) is 74.3 Å². The number of hydrogen-bond donors (Lipinski definition) is 1. The van der Waals surface area contributed by atoms with E-state index in [4.69, 9.17) is 10.5 Å². The molecule has 1 aromatic heterocycles. The Balaban J connectivity index is 2.13. The fourth-order valence-corrected chi connectivity index (χ4v) is 3.55. The first-order valence-corrected chi connectivity index (χ1v) is 9.35. The van der Waals surface area contributed by atoms with Crippen LogP contribution in [0.1, 0.15) is 44.6 Å². The van der Waals surface area contributed by atoms with Gasteiger partial charge in [0.05, 0.1) is 6.61 Å². The van der Waals surface area contributed by atoms with Gasteiger partial charge in [-0.1, -0.05) is 24.3 Å². The van der Waals surface area contributed by atoms with Crippen LogP contribution in [0.25, 0.3) is 11.1 Å². The molecule has 1 amide bonds. The van der Waals surface area contributed by atoms with E-state index in [1.807, 2.05) is 30.5 Å². The Bertz CT molecular complexity index is 1050. The molecular weight excluding hydrogens is 371 g/mol. The second-order valence-corrected chi connectivity index (χ2v) is 6.81. The van der Waals surface area contributed by atoms with Crippen LogP contribution in [0.4, 0.5) is 4.39 Å². The highest BCUT2D eigenvalue weighted by Gasteiger charge is 2.24. The van der Waals surface area contributed by atoms with Gasteiger partial charge in [0.2, 0.25) is 5.91 Å². The van der Waals surface area contributed by atoms with Gasteiger partial charge in [-0.2, -0.15) is 0 Å². The maximum absolute atomic E-state index is 13.3. The number of carbonyl (C=O) groups excluding carboxylic acids is 2. The minimum atomic E-state index is -0.494. The summed E-state index contributed by atoms with van der Waals surface area (Å²) >= 11 is 0. The third-order valence-corrected chi connectivity index (χ3v) is 4.95. The Labute approximate surface area is 168 Å². The van der Waals surface area contributed by atoms with E-state index in [1.54, 1.807) is 31.2 Å². The number of primary amides is 1. The van der Waals surface area contributed by atoms with Gasteiger partial charge in [0.25, 0.3) is 0 Å². The van der Waals surface area contributed by atoms with E-state index in [2.05, 4.69) is 0 Å². The smallest absolute Gasteiger partial charge is 0.355 e. The van der Waals surface area contributed by atoms with Gasteiger partial charge in [-0.05, 0) is 61.7 Å². The summed E-state index contributed by atoms with van der Waals surface area (Å²) in [6, 6.07) is 13.1. The molecule has 0 aliphatic heterocycles. The molecule has 3 aromatic rings. The van der Waals surface area contributed by atoms with E-state index in [1.165, 1.54) is 12.1 Å². The quantitative estimate of drug-likeness (QED) is 0.636. The molecule has 1 heterocycles. The van der Waals surface area contributed by atoms with Gasteiger partial charge >= 0.3 is 5.97 Å². The summed E-state index contributed by atoms with van der Waals surface area (Å²) in [7, 11) is 0. The molecule has 0 saturated heterocycles. The number of halogens is 1. The van der Waals surface area contributed by atoms with Crippen molar-refractivity contribution in [3.8, 4) is 11.1 Å². The molecule has 0 unspecified atom stereocenters. The number of benzene rings is 2. The SMILES string of the molecule is CCOC(=O)c1c(C)c(-c2ccc(C(N)=O)cc2)c(C)n1Cc1ccc(F)cc1. The zero-order valence-corrected chi connectivity index (χ0v) is 16.7. The lowest BCUT2D eigenvalue weighted by molar-refractivity contribution is 0.0513. The number of nitrogens with two attached hydrogens (primary N) is 1. The average molecular weight is 394 g/mol. The second kappa shape index (κ2) is 8.31. The van der Waals surface area contributed by atoms with Crippen molar-refractivity contribution >= 4 is 11.9 Å². The molecule has 150 valence electrons. The number of ether oxygens (including phenoxy) is 1. The Morgan fingerprint density at radius 2 is 1.66 bits per heavy atom. The van der Waals surface area contributed by atoms with Crippen molar-refractivity contribution in [2.24, 2.45) is 5.73 Å². The number of rotatable bonds is 6. The van der Waals surface area contributed by atoms with E-state index < -0.39 is 11.9 Å². The average Bonchev–Trinajstić information content (AvgIpc) is 2.93. The summed E-state index contributed by atoms with van der Waals surface area (Å²) < 4.78 is 20.4. The normalized spacial score (nSPS) is 10.8. The Morgan fingerprint density at radius 1 is 1.03 bits per heavy atom. The fraction of sp³-hybridized carbons (Fsp3) is 0.217. The van der Waals surface area contributed by atoms with E-state index >= 15 is 0 Å². The number of esters is 1. The third-order valence-electron chi connectivity index (χ3n) is 4.95. The highest BCUT2D eigenvalue weighted by Crippen LogP contribution is 2.33. The Hall–Kier alpha value is -3.41. The van der Waals surface area contributed by atoms with E-state index in [0.29, 0.717) is 17.8 Å². The lowest BCUT2D eigenvalue weighted by Crippen LogP contribution is -2.15. The third kappa shape index (κ3) is 4.06. The van der Waals surface area contributed by atoms with Gasteiger partial charge in [0.15, 0.2) is 0 Å². The molecule has 2 aromatic carbocycles. The van der Waals surface area contributed by atoms with E-state index in [9.17, 15) is 14.0 Å². The molecule has 0 bridgehead atoms. The summed E-state index contributed by atoms with van der Waals surface area (Å²) in [6.07, 6.45) is 0. The standard InChI is InChI=1S/C23H23FN2O3/c1-4-29-23(28)21-14(2)20(17-7-9-18(10-8-17)22(25)27)15(3)26(21)13-16-5-11-19(24)12-6-16/h5-12H,4,13H2,1-3H3,(H2,25,27). The molecule has 5 nitrogen and oxygen atoms in total. The number of nitrogens with zero attached hydrogens (tertiary/aromatic N) is 1. The highest BCUT2D eigenvalue weighted by atomic mass is 19.1. The molecule has 0 aliphatic carbocycles. The molecule has 0 spiro atoms. The van der Waals surface area contributed by atoms with Crippen LogP contribution >= 0.6 is 0 Å². The van der Waals surface area contributed by atoms with Crippen LogP contribution in [0.3, 0.4) is 0 Å². The predicted molar refractivity (Wildman–Crippen MR) is 109 cm³/mol. The molecule has 2 N–H and O–H groups in total. The molecule has 0 atom stereocenters. The van der Waals surface area contributed by atoms with Gasteiger partial charge < -0.3 is 15.0 Å². The molecule has 0 aliphatic rings. The molecule has 6 heteroatoms. The number of hydrogen-bond acceptors (Lipinski definition) is 3. The van der Waals surface area contributed by atoms with Crippen molar-refractivity contribution in [2.75, 3.05) is 6.61 Å². The maximum Gasteiger partial charge on any atom is 0.355 e. The molecule has 29 heavy (non-hydrogen) atoms. The summed E-state index contributed by atoms with van der Waals surface area (Å²) in [5.41, 5.74) is 10.5. The van der Waals surface area contributed by atoms with Crippen molar-refractivity contribution in [3.63, 3.8) is 0 Å². The summed E-state index contributed by atoms with van der Waals surface area (Å²) in [4.78, 5) is 24.1. The van der Waals surface area contributed by atoms with E-state index in [-0.39, 0.29) is 12.4 Å². The predicted octanol–water partition coefficient (Wildman–Crippen LogP) is 4.23. The van der Waals surface area contributed by atoms with Crippen LogP contribution in [0, 0.1) is 19.7 Å². The summed E-state index contributed by atoms with van der Waals surface area (Å²) in [5, 5.41) is 0. The van der Waals surface area contributed by atoms with E-state index in [0.717, 1.165) is 27.9 Å². The maximum atomic E-state index is 13.3. The zero-order valence-electron chi connectivity index (χ0n) is 16.7. The zero-order chi connectivity index (χ0) is 21.1. The van der Waals surface area contributed by atoms with Crippen molar-refractivity contribution < 1.29 is 18.7 Å². The van der Waals surface area contributed by atoms with Crippen LogP contribution in [0.2, 0.25) is 0 Å². The lowest BCUT2D eigenvalue weighted by atomic mass is 10.00. The van der Waals surface area contributed by atoms with Crippen molar-refractivity contribution in [3.05, 3.63) is 82.4 Å². The first-order chi connectivity index (χ1) is 13.8. The first-order valence-electron chi connectivity index (χ1n) is 9.35. The van der Waals surface area contributed by atoms with Crippen molar-refractivity contribution in [1.82, 2.24) is 4.57 Å². The summed E-state index contributed by atoms with van der Waals surface area (Å²) in [5.74, 6) is -1.21. The lowest BCUT2D eigenvalue weighted by Gasteiger charge is -2.12. The second-order valence-electron chi connectivity index (χ2n) is 6.81. The van der Waals surface area contributed by atoms with Gasteiger partial charge in [-0.25, -0.2) is 9.18 Å². The van der Waals surface area contributed by atoms with Gasteiger partial charge in [-0.15, -0.1) is 0 Å². The Kier molecular flexibility index (Phi) is 5.82. The summed E-state index contributed by atoms with van der Waals surface area (Å²) in [6.45, 7) is 6.23. The molecule has 0 fully saturated rings. The highest BCUT2D eigenvalue weighted by molar-refractivity contribution is 5.95. The van der Waals surface area contributed by atoms with Crippen LogP contribution in [-0.2, 0) is 11.3 Å². The minimum Gasteiger partial charge on any atom is -0.461 e. The number of amides is 1. The molecule has 3 rings (SSSR count). The van der Waals surface area contributed by atoms with Gasteiger partial charge in [0, 0.05) is 23.4 Å². The molecule has 0 saturated carbocycles. The van der Waals surface area contributed by atoms with Gasteiger partial charge in [-0.3, -0.25) is 4.79 Å². The first kappa shape index (κ1) is 20.3. The monoisotopic (exact) mass is 394 g/mol. The van der Waals surface area contributed by atoms with Crippen molar-refractivity contribution in [1.29, 1.82) is 0 Å². The van der Waals surface area contributed by atoms with Crippen LogP contribution < -0.4 is 5.73 Å². The number of aromatic nitrogens is 1. The minimum absolute atomic E-state index is 0.266. The van der Waals surface area contributed by atoms with Crippen molar-refractivity contribution in [2.45, 2.75) is 27.3 Å². The van der Waals surface area contributed by atoms with Gasteiger partial charge in [0.1, 0.15) is 11.5 Å². The fourth-order valence-electron chi connectivity index (χ4n) is 3.55. The van der Waals surface area contributed by atoms with Crippen LogP contribution in [0.5, 0.6) is 0 Å².